The van der Waals surface area contributed by atoms with Crippen LogP contribution in [0, 0.1) is 5.92 Å². The number of hydrogen-bond donors (Lipinski definition) is 0. The number of ether oxygens (including phenoxy) is 1. The van der Waals surface area contributed by atoms with Crippen LogP contribution in [-0.2, 0) is 19.1 Å². The first-order chi connectivity index (χ1) is 7.45. The molecule has 1 atom stereocenters. The molecule has 0 aromatic carbocycles. The lowest BCUT2D eigenvalue weighted by Gasteiger charge is -2.20. The summed E-state index contributed by atoms with van der Waals surface area (Å²) < 4.78 is 4.42. The first-order valence-electron chi connectivity index (χ1n) is 5.34. The molecule has 0 aliphatic carbocycles. The highest BCUT2D eigenvalue weighted by atomic mass is 16.5. The molecule has 0 aromatic rings. The molecule has 0 spiro atoms. The number of likely N-dealkylation sites (tertiary alicyclic amines) is 1. The van der Waals surface area contributed by atoms with E-state index in [-0.39, 0.29) is 36.5 Å². The first kappa shape index (κ1) is 12.7. The topological polar surface area (TPSA) is 63.7 Å². The number of Topliss-reactive ketones (excluding diaryl/α,β-unsaturated/α-hetero) is 1. The highest BCUT2D eigenvalue weighted by Gasteiger charge is 2.35. The molecule has 0 aromatic heterocycles. The Kier molecular flexibility index (Phi) is 4.04. The van der Waals surface area contributed by atoms with Crippen molar-refractivity contribution in [2.75, 3.05) is 13.7 Å². The zero-order chi connectivity index (χ0) is 12.3. The van der Waals surface area contributed by atoms with E-state index in [0.29, 0.717) is 6.54 Å². The predicted molar refractivity (Wildman–Crippen MR) is 56.6 cm³/mol. The van der Waals surface area contributed by atoms with E-state index >= 15 is 0 Å². The minimum absolute atomic E-state index is 0.0155. The fourth-order valence-corrected chi connectivity index (χ4v) is 1.81. The standard InChI is InChI=1S/C11H17NO4/c1-7(2)12-6-8(4-10(12)14)9(13)5-11(15)16-3/h7-8H,4-6H2,1-3H3/t8-/m0/s1. The molecule has 5 heteroatoms. The third-order valence-corrected chi connectivity index (χ3v) is 2.78. The Bertz CT molecular complexity index is 311. The van der Waals surface area contributed by atoms with Crippen molar-refractivity contribution in [3.63, 3.8) is 0 Å². The van der Waals surface area contributed by atoms with Gasteiger partial charge in [0, 0.05) is 24.9 Å². The maximum absolute atomic E-state index is 11.6. The second-order valence-electron chi connectivity index (χ2n) is 4.26. The third kappa shape index (κ3) is 2.81. The number of rotatable bonds is 4. The SMILES string of the molecule is COC(=O)CC(=O)[C@H]1CC(=O)N(C(C)C)C1. The van der Waals surface area contributed by atoms with Crippen molar-refractivity contribution < 1.29 is 19.1 Å². The van der Waals surface area contributed by atoms with Crippen LogP contribution < -0.4 is 0 Å². The summed E-state index contributed by atoms with van der Waals surface area (Å²) in [6.07, 6.45) is -0.0195. The Balaban J connectivity index is 2.55. The van der Waals surface area contributed by atoms with Gasteiger partial charge < -0.3 is 9.64 Å². The first-order valence-corrected chi connectivity index (χ1v) is 5.34. The predicted octanol–water partition coefficient (Wildman–Crippen LogP) is 0.375. The van der Waals surface area contributed by atoms with E-state index in [1.54, 1.807) is 4.90 Å². The second-order valence-corrected chi connectivity index (χ2v) is 4.26. The van der Waals surface area contributed by atoms with E-state index in [9.17, 15) is 14.4 Å². The van der Waals surface area contributed by atoms with E-state index in [4.69, 9.17) is 0 Å². The highest BCUT2D eigenvalue weighted by molar-refractivity contribution is 5.99. The number of hydrogen-bond acceptors (Lipinski definition) is 4. The van der Waals surface area contributed by atoms with Gasteiger partial charge in [-0.2, -0.15) is 0 Å². The normalized spacial score (nSPS) is 20.4. The van der Waals surface area contributed by atoms with Crippen molar-refractivity contribution in [3.8, 4) is 0 Å². The molecule has 1 amide bonds. The molecular formula is C11H17NO4. The van der Waals surface area contributed by atoms with Crippen LogP contribution in [0.1, 0.15) is 26.7 Å². The van der Waals surface area contributed by atoms with E-state index in [1.165, 1.54) is 7.11 Å². The summed E-state index contributed by atoms with van der Waals surface area (Å²) in [5.74, 6) is -1.11. The van der Waals surface area contributed by atoms with E-state index in [2.05, 4.69) is 4.74 Å². The molecule has 0 unspecified atom stereocenters. The van der Waals surface area contributed by atoms with Crippen LogP contribution in [0.3, 0.4) is 0 Å². The second kappa shape index (κ2) is 5.09. The molecule has 90 valence electrons. The van der Waals surface area contributed by atoms with E-state index in [1.807, 2.05) is 13.8 Å². The Labute approximate surface area is 94.7 Å². The van der Waals surface area contributed by atoms with Gasteiger partial charge in [0.25, 0.3) is 0 Å². The zero-order valence-corrected chi connectivity index (χ0v) is 9.86. The smallest absolute Gasteiger partial charge is 0.313 e. The van der Waals surface area contributed by atoms with Crippen molar-refractivity contribution >= 4 is 17.7 Å². The Morgan fingerprint density at radius 1 is 1.50 bits per heavy atom. The van der Waals surface area contributed by atoms with Crippen molar-refractivity contribution in [3.05, 3.63) is 0 Å². The average molecular weight is 227 g/mol. The number of esters is 1. The molecule has 1 rings (SSSR count). The summed E-state index contributed by atoms with van der Waals surface area (Å²) >= 11 is 0. The molecular weight excluding hydrogens is 210 g/mol. The minimum atomic E-state index is -0.541. The van der Waals surface area contributed by atoms with Crippen LogP contribution >= 0.6 is 0 Å². The Morgan fingerprint density at radius 3 is 2.56 bits per heavy atom. The van der Waals surface area contributed by atoms with E-state index in [0.717, 1.165) is 0 Å². The third-order valence-electron chi connectivity index (χ3n) is 2.78. The number of methoxy groups -OCH3 is 1. The monoisotopic (exact) mass is 227 g/mol. The maximum atomic E-state index is 11.6. The molecule has 0 radical (unpaired) electrons. The molecule has 16 heavy (non-hydrogen) atoms. The van der Waals surface area contributed by atoms with Gasteiger partial charge in [-0.15, -0.1) is 0 Å². The van der Waals surface area contributed by atoms with Crippen molar-refractivity contribution in [2.45, 2.75) is 32.7 Å². The van der Waals surface area contributed by atoms with Gasteiger partial charge in [-0.3, -0.25) is 14.4 Å². The quantitative estimate of drug-likeness (QED) is 0.514. The molecule has 0 bridgehead atoms. The average Bonchev–Trinajstić information content (AvgIpc) is 2.60. The summed E-state index contributed by atoms with van der Waals surface area (Å²) in [6.45, 7) is 4.24. The van der Waals surface area contributed by atoms with Gasteiger partial charge in [0.05, 0.1) is 7.11 Å². The van der Waals surface area contributed by atoms with Crippen LogP contribution in [0.4, 0.5) is 0 Å². The molecule has 1 aliphatic rings. The van der Waals surface area contributed by atoms with Crippen LogP contribution in [0.15, 0.2) is 0 Å². The molecule has 0 N–H and O–H groups in total. The summed E-state index contributed by atoms with van der Waals surface area (Å²) in [4.78, 5) is 35.8. The lowest BCUT2D eigenvalue weighted by atomic mass is 10.0. The van der Waals surface area contributed by atoms with Crippen molar-refractivity contribution in [1.29, 1.82) is 0 Å². The van der Waals surface area contributed by atoms with Crippen molar-refractivity contribution in [2.24, 2.45) is 5.92 Å². The molecule has 1 heterocycles. The summed E-state index contributed by atoms with van der Waals surface area (Å²) in [6, 6.07) is 0.100. The Morgan fingerprint density at radius 2 is 2.12 bits per heavy atom. The lowest BCUT2D eigenvalue weighted by Crippen LogP contribution is -2.33. The molecule has 1 aliphatic heterocycles. The summed E-state index contributed by atoms with van der Waals surface area (Å²) in [7, 11) is 1.25. The van der Waals surface area contributed by atoms with Gasteiger partial charge in [0.2, 0.25) is 5.91 Å². The van der Waals surface area contributed by atoms with Crippen LogP contribution in [-0.4, -0.2) is 42.3 Å². The van der Waals surface area contributed by atoms with Crippen LogP contribution in [0.25, 0.3) is 0 Å². The van der Waals surface area contributed by atoms with Gasteiger partial charge in [0.1, 0.15) is 12.2 Å². The molecule has 5 nitrogen and oxygen atoms in total. The van der Waals surface area contributed by atoms with Gasteiger partial charge in [-0.25, -0.2) is 0 Å². The number of amides is 1. The lowest BCUT2D eigenvalue weighted by molar-refractivity contribution is -0.144. The van der Waals surface area contributed by atoms with Crippen LogP contribution in [0.5, 0.6) is 0 Å². The zero-order valence-electron chi connectivity index (χ0n) is 9.86. The minimum Gasteiger partial charge on any atom is -0.469 e. The van der Waals surface area contributed by atoms with E-state index < -0.39 is 5.97 Å². The number of nitrogens with zero attached hydrogens (tertiary/aromatic N) is 1. The largest absolute Gasteiger partial charge is 0.469 e. The Hall–Kier alpha value is -1.39. The van der Waals surface area contributed by atoms with Gasteiger partial charge in [-0.1, -0.05) is 0 Å². The van der Waals surface area contributed by atoms with Crippen LogP contribution in [0.2, 0.25) is 0 Å². The number of carbonyl (C=O) groups excluding carboxylic acids is 3. The van der Waals surface area contributed by atoms with Gasteiger partial charge in [0.15, 0.2) is 0 Å². The number of ketones is 1. The number of carbonyl (C=O) groups is 3. The van der Waals surface area contributed by atoms with Crippen molar-refractivity contribution in [1.82, 2.24) is 4.90 Å². The maximum Gasteiger partial charge on any atom is 0.313 e. The van der Waals surface area contributed by atoms with Gasteiger partial charge in [-0.05, 0) is 13.8 Å². The van der Waals surface area contributed by atoms with Gasteiger partial charge >= 0.3 is 5.97 Å². The molecule has 0 saturated carbocycles. The molecule has 1 fully saturated rings. The highest BCUT2D eigenvalue weighted by Crippen LogP contribution is 2.21. The fourth-order valence-electron chi connectivity index (χ4n) is 1.81. The summed E-state index contributed by atoms with van der Waals surface area (Å²) in [5, 5.41) is 0. The fraction of sp³-hybridized carbons (Fsp3) is 0.727. The summed E-state index contributed by atoms with van der Waals surface area (Å²) in [5.41, 5.74) is 0. The molecule has 1 saturated heterocycles.